The quantitative estimate of drug-likeness (QED) is 0.812. The van der Waals surface area contributed by atoms with Crippen molar-refractivity contribution in [2.45, 2.75) is 13.3 Å². The highest BCUT2D eigenvalue weighted by Gasteiger charge is 2.51. The Hall–Kier alpha value is -2.11. The van der Waals surface area contributed by atoms with E-state index in [-0.39, 0.29) is 17.7 Å². The molecule has 1 fully saturated rings. The number of fused-ring (bicyclic) bond motifs is 2. The number of nitrogens with one attached hydrogen (secondary N) is 1. The van der Waals surface area contributed by atoms with E-state index < -0.39 is 17.8 Å². The topological polar surface area (TPSA) is 84.2 Å². The molecule has 2 N–H and O–H groups in total. The van der Waals surface area contributed by atoms with Crippen LogP contribution in [0.3, 0.4) is 0 Å². The minimum atomic E-state index is -0.884. The fourth-order valence-electron chi connectivity index (χ4n) is 3.35. The van der Waals surface area contributed by atoms with Crippen molar-refractivity contribution in [2.75, 3.05) is 5.32 Å². The van der Waals surface area contributed by atoms with E-state index >= 15 is 0 Å². The largest absolute Gasteiger partial charge is 0.481 e. The molecule has 2 aliphatic rings. The Morgan fingerprint density at radius 1 is 1.35 bits per heavy atom. The third-order valence-corrected chi connectivity index (χ3v) is 4.54. The molecule has 4 atom stereocenters. The number of amides is 1. The van der Waals surface area contributed by atoms with Crippen LogP contribution < -0.4 is 5.32 Å². The summed E-state index contributed by atoms with van der Waals surface area (Å²) in [5.41, 5.74) is 1.50. The average molecular weight is 275 g/mol. The lowest BCUT2D eigenvalue weighted by atomic mass is 9.82. The molecule has 2 aliphatic carbocycles. The van der Waals surface area contributed by atoms with Crippen LogP contribution in [0.1, 0.15) is 12.1 Å². The van der Waals surface area contributed by atoms with Crippen LogP contribution in [-0.2, 0) is 16.6 Å². The van der Waals surface area contributed by atoms with Gasteiger partial charge < -0.3 is 10.4 Å². The first kappa shape index (κ1) is 12.9. The van der Waals surface area contributed by atoms with Gasteiger partial charge in [0.2, 0.25) is 5.91 Å². The van der Waals surface area contributed by atoms with Crippen LogP contribution in [0.15, 0.2) is 18.3 Å². The van der Waals surface area contributed by atoms with Gasteiger partial charge in [0.1, 0.15) is 0 Å². The summed E-state index contributed by atoms with van der Waals surface area (Å²) < 4.78 is 1.67. The zero-order chi connectivity index (χ0) is 14.4. The number of carboxylic acid groups (broad SMARTS) is 1. The van der Waals surface area contributed by atoms with Crippen molar-refractivity contribution in [1.29, 1.82) is 0 Å². The monoisotopic (exact) mass is 275 g/mol. The summed E-state index contributed by atoms with van der Waals surface area (Å²) >= 11 is 0. The maximum absolute atomic E-state index is 12.4. The van der Waals surface area contributed by atoms with Gasteiger partial charge in [0.25, 0.3) is 0 Å². The molecule has 1 aromatic heterocycles. The van der Waals surface area contributed by atoms with E-state index in [0.29, 0.717) is 5.69 Å². The lowest BCUT2D eigenvalue weighted by Gasteiger charge is -2.23. The first-order valence-corrected chi connectivity index (χ1v) is 6.69. The summed E-state index contributed by atoms with van der Waals surface area (Å²) in [6, 6.07) is 0. The zero-order valence-corrected chi connectivity index (χ0v) is 11.4. The normalized spacial score (nSPS) is 30.7. The summed E-state index contributed by atoms with van der Waals surface area (Å²) in [6.07, 6.45) is 6.26. The number of carbonyl (C=O) groups is 2. The molecule has 0 aromatic carbocycles. The van der Waals surface area contributed by atoms with Crippen molar-refractivity contribution in [3.05, 3.63) is 24.0 Å². The second kappa shape index (κ2) is 4.47. The van der Waals surface area contributed by atoms with Gasteiger partial charge in [0.15, 0.2) is 0 Å². The lowest BCUT2D eigenvalue weighted by Crippen LogP contribution is -2.36. The molecule has 2 bridgehead atoms. The average Bonchev–Trinajstić information content (AvgIpc) is 3.08. The lowest BCUT2D eigenvalue weighted by molar-refractivity contribution is -0.146. The van der Waals surface area contributed by atoms with Crippen LogP contribution in [0.5, 0.6) is 0 Å². The van der Waals surface area contributed by atoms with Crippen molar-refractivity contribution >= 4 is 17.6 Å². The van der Waals surface area contributed by atoms with Gasteiger partial charge in [-0.15, -0.1) is 0 Å². The number of nitrogens with zero attached hydrogens (tertiary/aromatic N) is 2. The molecule has 0 saturated heterocycles. The first-order chi connectivity index (χ1) is 9.49. The molecule has 1 saturated carbocycles. The number of rotatable bonds is 3. The van der Waals surface area contributed by atoms with Crippen LogP contribution in [0.2, 0.25) is 0 Å². The molecule has 0 radical (unpaired) electrons. The maximum Gasteiger partial charge on any atom is 0.307 e. The molecular formula is C14H17N3O3. The minimum Gasteiger partial charge on any atom is -0.481 e. The van der Waals surface area contributed by atoms with E-state index in [1.807, 2.05) is 19.1 Å². The molecule has 0 aliphatic heterocycles. The smallest absolute Gasteiger partial charge is 0.307 e. The number of aromatic nitrogens is 2. The highest BCUT2D eigenvalue weighted by atomic mass is 16.4. The second-order valence-electron chi connectivity index (χ2n) is 5.59. The molecule has 106 valence electrons. The van der Waals surface area contributed by atoms with Crippen molar-refractivity contribution in [3.63, 3.8) is 0 Å². The van der Waals surface area contributed by atoms with Gasteiger partial charge in [-0.25, -0.2) is 0 Å². The molecule has 1 heterocycles. The van der Waals surface area contributed by atoms with Crippen molar-refractivity contribution < 1.29 is 14.7 Å². The number of carboxylic acids is 1. The van der Waals surface area contributed by atoms with Crippen LogP contribution in [0.25, 0.3) is 0 Å². The molecule has 3 rings (SSSR count). The standard InChI is InChI=1S/C14H17N3O3/c1-7-10(6-15-17(7)2)16-13(18)11-8-3-4-9(5-8)12(11)14(19)20/h3-4,6,8-9,11-12H,5H2,1-2H3,(H,16,18)(H,19,20)/t8-,9-,11+,12+/m0/s1. The highest BCUT2D eigenvalue weighted by molar-refractivity contribution is 5.96. The zero-order valence-electron chi connectivity index (χ0n) is 11.4. The minimum absolute atomic E-state index is 0.0109. The van der Waals surface area contributed by atoms with E-state index in [1.54, 1.807) is 17.9 Å². The number of anilines is 1. The van der Waals surface area contributed by atoms with Crippen molar-refractivity contribution in [1.82, 2.24) is 9.78 Å². The van der Waals surface area contributed by atoms with Gasteiger partial charge in [0, 0.05) is 7.05 Å². The Morgan fingerprint density at radius 3 is 2.55 bits per heavy atom. The molecule has 20 heavy (non-hydrogen) atoms. The molecule has 0 unspecified atom stereocenters. The van der Waals surface area contributed by atoms with E-state index in [2.05, 4.69) is 10.4 Å². The SMILES string of the molecule is Cc1c(NC(=O)[C@H]2[C@H](C(=O)O)[C@H]3C=C[C@H]2C3)cnn1C. The number of aryl methyl sites for hydroxylation is 1. The van der Waals surface area contributed by atoms with Gasteiger partial charge in [-0.2, -0.15) is 5.10 Å². The summed E-state index contributed by atoms with van der Waals surface area (Å²) in [5.74, 6) is -2.17. The van der Waals surface area contributed by atoms with Crippen LogP contribution in [0, 0.1) is 30.6 Å². The number of hydrogen-bond acceptors (Lipinski definition) is 3. The molecular weight excluding hydrogens is 258 g/mol. The predicted molar refractivity (Wildman–Crippen MR) is 71.9 cm³/mol. The van der Waals surface area contributed by atoms with Crippen LogP contribution in [-0.4, -0.2) is 26.8 Å². The Bertz CT molecular complexity index is 605. The van der Waals surface area contributed by atoms with E-state index in [1.165, 1.54) is 0 Å². The van der Waals surface area contributed by atoms with Gasteiger partial charge in [-0.1, -0.05) is 12.2 Å². The number of allylic oxidation sites excluding steroid dienone is 2. The van der Waals surface area contributed by atoms with Gasteiger partial charge >= 0.3 is 5.97 Å². The van der Waals surface area contributed by atoms with Crippen LogP contribution in [0.4, 0.5) is 5.69 Å². The fourth-order valence-corrected chi connectivity index (χ4v) is 3.35. The molecule has 6 nitrogen and oxygen atoms in total. The van der Waals surface area contributed by atoms with Crippen molar-refractivity contribution in [3.8, 4) is 0 Å². The molecule has 6 heteroatoms. The summed E-state index contributed by atoms with van der Waals surface area (Å²) in [5, 5.41) is 16.2. The third-order valence-electron chi connectivity index (χ3n) is 4.54. The van der Waals surface area contributed by atoms with Gasteiger partial charge in [-0.3, -0.25) is 14.3 Å². The molecule has 1 aromatic rings. The van der Waals surface area contributed by atoms with Crippen molar-refractivity contribution in [2.24, 2.45) is 30.7 Å². The number of hydrogen-bond donors (Lipinski definition) is 2. The Balaban J connectivity index is 1.82. The molecule has 1 amide bonds. The van der Waals surface area contributed by atoms with E-state index in [0.717, 1.165) is 12.1 Å². The Morgan fingerprint density at radius 2 is 2.00 bits per heavy atom. The second-order valence-corrected chi connectivity index (χ2v) is 5.59. The fraction of sp³-hybridized carbons (Fsp3) is 0.500. The predicted octanol–water partition coefficient (Wildman–Crippen LogP) is 1.19. The summed E-state index contributed by atoms with van der Waals surface area (Å²) in [4.78, 5) is 23.8. The number of carbonyl (C=O) groups excluding carboxylic acids is 1. The number of aliphatic carboxylic acids is 1. The van der Waals surface area contributed by atoms with E-state index in [4.69, 9.17) is 0 Å². The third kappa shape index (κ3) is 1.83. The summed E-state index contributed by atoms with van der Waals surface area (Å²) in [7, 11) is 1.80. The van der Waals surface area contributed by atoms with Crippen LogP contribution >= 0.6 is 0 Å². The van der Waals surface area contributed by atoms with Gasteiger partial charge in [-0.05, 0) is 25.2 Å². The highest BCUT2D eigenvalue weighted by Crippen LogP contribution is 2.48. The van der Waals surface area contributed by atoms with E-state index in [9.17, 15) is 14.7 Å². The summed E-state index contributed by atoms with van der Waals surface area (Å²) in [6.45, 7) is 1.86. The first-order valence-electron chi connectivity index (χ1n) is 6.69. The Kier molecular flexibility index (Phi) is 2.88. The Labute approximate surface area is 116 Å². The van der Waals surface area contributed by atoms with Gasteiger partial charge in [0.05, 0.1) is 29.4 Å². The molecule has 0 spiro atoms. The maximum atomic E-state index is 12.4.